The van der Waals surface area contributed by atoms with Crippen LogP contribution in [0.25, 0.3) is 10.9 Å². The van der Waals surface area contributed by atoms with Crippen LogP contribution in [0.1, 0.15) is 29.9 Å². The average Bonchev–Trinajstić information content (AvgIpc) is 2.88. The summed E-state index contributed by atoms with van der Waals surface area (Å²) in [6, 6.07) is 11.1. The van der Waals surface area contributed by atoms with E-state index in [9.17, 15) is 9.50 Å². The molecule has 2 unspecified atom stereocenters. The molecule has 0 saturated carbocycles. The third-order valence-electron chi connectivity index (χ3n) is 6.05. The highest BCUT2D eigenvalue weighted by molar-refractivity contribution is 9.10. The number of hydrogen-bond acceptors (Lipinski definition) is 7. The summed E-state index contributed by atoms with van der Waals surface area (Å²) in [4.78, 5) is 11.0. The summed E-state index contributed by atoms with van der Waals surface area (Å²) in [5.41, 5.74) is 0.466. The lowest BCUT2D eigenvalue weighted by Gasteiger charge is -2.38. The van der Waals surface area contributed by atoms with Crippen LogP contribution in [0.5, 0.6) is 17.6 Å². The second-order valence-electron chi connectivity index (χ2n) is 8.59. The van der Waals surface area contributed by atoms with Crippen LogP contribution in [-0.2, 0) is 5.60 Å². The van der Waals surface area contributed by atoms with Gasteiger partial charge in [-0.1, -0.05) is 27.8 Å². The lowest BCUT2D eigenvalue weighted by atomic mass is 9.73. The van der Waals surface area contributed by atoms with Crippen LogP contribution in [-0.4, -0.2) is 68.6 Å². The van der Waals surface area contributed by atoms with Gasteiger partial charge in [0, 0.05) is 46.4 Å². The Morgan fingerprint density at radius 2 is 1.72 bits per heavy atom. The number of hydrogen-bond donors (Lipinski definition) is 1. The number of alkyl halides is 1. The number of aromatic nitrogens is 2. The molecule has 0 aliphatic heterocycles. The zero-order valence-corrected chi connectivity index (χ0v) is 22.7. The quantitative estimate of drug-likeness (QED) is 0.360. The number of rotatable bonds is 10. The molecule has 3 rings (SSSR count). The molecule has 1 aromatic carbocycles. The minimum atomic E-state index is -1.48. The molecule has 0 aliphatic carbocycles. The maximum absolute atomic E-state index is 13.0. The van der Waals surface area contributed by atoms with E-state index in [0.29, 0.717) is 41.7 Å². The van der Waals surface area contributed by atoms with Crippen LogP contribution >= 0.6 is 15.9 Å². The van der Waals surface area contributed by atoms with Crippen LogP contribution in [0.15, 0.2) is 40.9 Å². The Morgan fingerprint density at radius 1 is 1.03 bits per heavy atom. The molecule has 0 saturated heterocycles. The number of fused-ring (bicyclic) bond motifs is 1. The lowest BCUT2D eigenvalue weighted by molar-refractivity contribution is -0.00705. The van der Waals surface area contributed by atoms with E-state index in [1.54, 1.807) is 12.1 Å². The highest BCUT2D eigenvalue weighted by Gasteiger charge is 2.41. The van der Waals surface area contributed by atoms with E-state index in [-0.39, 0.29) is 6.42 Å². The molecule has 0 spiro atoms. The Kier molecular flexibility index (Phi) is 9.49. The number of nitrogens with zero attached hydrogens (tertiary/aromatic N) is 3. The molecule has 36 heavy (non-hydrogen) atoms. The highest BCUT2D eigenvalue weighted by Crippen LogP contribution is 2.46. The molecule has 2 aromatic heterocycles. The van der Waals surface area contributed by atoms with Gasteiger partial charge in [0.1, 0.15) is 6.67 Å². The van der Waals surface area contributed by atoms with E-state index in [2.05, 4.69) is 32.8 Å². The van der Waals surface area contributed by atoms with Gasteiger partial charge in [-0.25, -0.2) is 9.37 Å². The SMILES string of the molecule is COc1cc(C(O)(CCN(C)C)C(CC#CCF)c2cc3cc(Br)ccc3nc2OC)cc(OC)n1. The van der Waals surface area contributed by atoms with Gasteiger partial charge in [0.05, 0.1) is 32.4 Å². The molecule has 2 atom stereocenters. The first-order valence-electron chi connectivity index (χ1n) is 11.4. The van der Waals surface area contributed by atoms with Crippen molar-refractivity contribution >= 4 is 26.8 Å². The van der Waals surface area contributed by atoms with Gasteiger partial charge in [-0.2, -0.15) is 4.98 Å². The van der Waals surface area contributed by atoms with Gasteiger partial charge in [0.25, 0.3) is 0 Å². The third kappa shape index (κ3) is 6.25. The molecule has 3 aromatic rings. The molecule has 1 N–H and O–H groups in total. The molecule has 192 valence electrons. The predicted octanol–water partition coefficient (Wildman–Crippen LogP) is 4.70. The van der Waals surface area contributed by atoms with E-state index in [1.165, 1.54) is 21.3 Å². The first kappa shape index (κ1) is 27.7. The highest BCUT2D eigenvalue weighted by atomic mass is 79.9. The Bertz CT molecular complexity index is 1240. The van der Waals surface area contributed by atoms with Crippen LogP contribution in [0, 0.1) is 11.8 Å². The van der Waals surface area contributed by atoms with Crippen molar-refractivity contribution in [3.8, 4) is 29.5 Å². The monoisotopic (exact) mass is 559 g/mol. The number of benzene rings is 1. The first-order chi connectivity index (χ1) is 17.2. The fraction of sp³-hybridized carbons (Fsp3) is 0.407. The summed E-state index contributed by atoms with van der Waals surface area (Å²) in [6.45, 7) is -0.217. The maximum atomic E-state index is 13.0. The van der Waals surface area contributed by atoms with Crippen molar-refractivity contribution in [1.82, 2.24) is 14.9 Å². The van der Waals surface area contributed by atoms with Crippen LogP contribution in [0.2, 0.25) is 0 Å². The van der Waals surface area contributed by atoms with Crippen molar-refractivity contribution in [1.29, 1.82) is 0 Å². The topological polar surface area (TPSA) is 76.9 Å². The Hall–Kier alpha value is -2.93. The zero-order valence-electron chi connectivity index (χ0n) is 21.1. The smallest absolute Gasteiger partial charge is 0.217 e. The number of methoxy groups -OCH3 is 3. The van der Waals surface area contributed by atoms with Gasteiger partial charge in [-0.3, -0.25) is 0 Å². The molecule has 0 radical (unpaired) electrons. The van der Waals surface area contributed by atoms with Crippen molar-refractivity contribution in [2.45, 2.75) is 24.4 Å². The molecule has 0 aliphatic rings. The van der Waals surface area contributed by atoms with Crippen molar-refractivity contribution < 1.29 is 23.7 Å². The molecule has 0 bridgehead atoms. The summed E-state index contributed by atoms with van der Waals surface area (Å²) < 4.78 is 30.3. The summed E-state index contributed by atoms with van der Waals surface area (Å²) in [5, 5.41) is 13.4. The molecule has 2 heterocycles. The van der Waals surface area contributed by atoms with Crippen molar-refractivity contribution in [3.63, 3.8) is 0 Å². The number of halogens is 2. The normalized spacial score (nSPS) is 13.6. The minimum absolute atomic E-state index is 0.165. The number of ether oxygens (including phenoxy) is 3. The summed E-state index contributed by atoms with van der Waals surface area (Å²) >= 11 is 3.52. The fourth-order valence-corrected chi connectivity index (χ4v) is 4.55. The standard InChI is InChI=1S/C27H31BrFN3O4/c1-32(2)13-11-27(33,19-16-24(34-3)31-25(17-19)35-4)22(8-6-7-12-29)21-15-18-14-20(28)9-10-23(18)30-26(21)36-5/h9-10,14-17,22,33H,8,11-13H2,1-5H3. The van der Waals surface area contributed by atoms with Crippen LogP contribution in [0.3, 0.4) is 0 Å². The summed E-state index contributed by atoms with van der Waals surface area (Å²) in [5.74, 6) is 5.73. The van der Waals surface area contributed by atoms with E-state index in [0.717, 1.165) is 15.4 Å². The van der Waals surface area contributed by atoms with E-state index in [1.807, 2.05) is 43.3 Å². The van der Waals surface area contributed by atoms with Gasteiger partial charge >= 0.3 is 0 Å². The lowest BCUT2D eigenvalue weighted by Crippen LogP contribution is -2.37. The summed E-state index contributed by atoms with van der Waals surface area (Å²) in [6.07, 6.45) is 0.496. The van der Waals surface area contributed by atoms with Gasteiger partial charge < -0.3 is 24.2 Å². The Balaban J connectivity index is 2.31. The molecular weight excluding hydrogens is 529 g/mol. The van der Waals surface area contributed by atoms with E-state index < -0.39 is 18.2 Å². The van der Waals surface area contributed by atoms with E-state index >= 15 is 0 Å². The largest absolute Gasteiger partial charge is 0.481 e. The molecular formula is C27H31BrFN3O4. The van der Waals surface area contributed by atoms with Crippen molar-refractivity contribution in [2.24, 2.45) is 0 Å². The molecule has 9 heteroatoms. The van der Waals surface area contributed by atoms with Crippen LogP contribution < -0.4 is 14.2 Å². The number of pyridine rings is 2. The number of aliphatic hydroxyl groups is 1. The van der Waals surface area contributed by atoms with Gasteiger partial charge in [-0.15, -0.1) is 0 Å². The molecule has 0 fully saturated rings. The predicted molar refractivity (Wildman–Crippen MR) is 142 cm³/mol. The van der Waals surface area contributed by atoms with Gasteiger partial charge in [-0.05, 0) is 50.3 Å². The fourth-order valence-electron chi connectivity index (χ4n) is 4.17. The second kappa shape index (κ2) is 12.3. The second-order valence-corrected chi connectivity index (χ2v) is 9.50. The van der Waals surface area contributed by atoms with Crippen LogP contribution in [0.4, 0.5) is 4.39 Å². The minimum Gasteiger partial charge on any atom is -0.481 e. The third-order valence-corrected chi connectivity index (χ3v) is 6.54. The Labute approximate surface area is 219 Å². The zero-order chi connectivity index (χ0) is 26.3. The molecule has 7 nitrogen and oxygen atoms in total. The average molecular weight is 560 g/mol. The first-order valence-corrected chi connectivity index (χ1v) is 12.2. The summed E-state index contributed by atoms with van der Waals surface area (Å²) in [7, 11) is 8.41. The Morgan fingerprint density at radius 3 is 2.31 bits per heavy atom. The van der Waals surface area contributed by atoms with Crippen molar-refractivity contribution in [3.05, 3.63) is 52.0 Å². The van der Waals surface area contributed by atoms with Gasteiger partial charge in [0.2, 0.25) is 17.6 Å². The maximum Gasteiger partial charge on any atom is 0.217 e. The van der Waals surface area contributed by atoms with Gasteiger partial charge in [0.15, 0.2) is 0 Å². The van der Waals surface area contributed by atoms with Crippen molar-refractivity contribution in [2.75, 3.05) is 48.6 Å². The van der Waals surface area contributed by atoms with E-state index in [4.69, 9.17) is 19.2 Å². The molecule has 0 amide bonds.